The maximum absolute atomic E-state index is 6.30. The molecular weight excluding hydrogens is 262 g/mol. The highest BCUT2D eigenvalue weighted by atomic mass is 35.5. The third-order valence-electron chi connectivity index (χ3n) is 2.78. The SMILES string of the molecule is COCCNCc1ccc(-n2cc(C)cn2)c(Cl)c1. The van der Waals surface area contributed by atoms with Gasteiger partial charge in [-0.05, 0) is 30.2 Å². The fraction of sp³-hybridized carbons (Fsp3) is 0.357. The molecule has 2 rings (SSSR count). The van der Waals surface area contributed by atoms with Gasteiger partial charge in [-0.25, -0.2) is 4.68 Å². The van der Waals surface area contributed by atoms with Gasteiger partial charge in [0, 0.05) is 26.4 Å². The summed E-state index contributed by atoms with van der Waals surface area (Å²) in [5.41, 5.74) is 3.16. The van der Waals surface area contributed by atoms with Gasteiger partial charge in [0.1, 0.15) is 0 Å². The number of halogens is 1. The lowest BCUT2D eigenvalue weighted by Gasteiger charge is -2.08. The largest absolute Gasteiger partial charge is 0.383 e. The fourth-order valence-corrected chi connectivity index (χ4v) is 2.09. The van der Waals surface area contributed by atoms with Crippen LogP contribution in [0.25, 0.3) is 5.69 Å². The first-order chi connectivity index (χ1) is 9.20. The van der Waals surface area contributed by atoms with Crippen molar-refractivity contribution in [2.75, 3.05) is 20.3 Å². The Morgan fingerprint density at radius 1 is 1.42 bits per heavy atom. The molecule has 0 aliphatic heterocycles. The fourth-order valence-electron chi connectivity index (χ4n) is 1.80. The zero-order chi connectivity index (χ0) is 13.7. The first-order valence-corrected chi connectivity index (χ1v) is 6.58. The molecule has 0 saturated heterocycles. The van der Waals surface area contributed by atoms with Gasteiger partial charge in [0.15, 0.2) is 0 Å². The molecule has 0 saturated carbocycles. The number of ether oxygens (including phenoxy) is 1. The van der Waals surface area contributed by atoms with Gasteiger partial charge in [-0.15, -0.1) is 0 Å². The Kier molecular flexibility index (Phi) is 4.96. The van der Waals surface area contributed by atoms with Gasteiger partial charge in [-0.2, -0.15) is 5.10 Å². The molecule has 4 nitrogen and oxygen atoms in total. The van der Waals surface area contributed by atoms with E-state index >= 15 is 0 Å². The lowest BCUT2D eigenvalue weighted by atomic mass is 10.2. The van der Waals surface area contributed by atoms with Gasteiger partial charge in [0.05, 0.1) is 23.5 Å². The number of nitrogens with one attached hydrogen (secondary N) is 1. The number of hydrogen-bond donors (Lipinski definition) is 1. The van der Waals surface area contributed by atoms with E-state index in [1.807, 2.05) is 31.5 Å². The van der Waals surface area contributed by atoms with E-state index in [2.05, 4.69) is 16.5 Å². The number of aryl methyl sites for hydroxylation is 1. The molecular formula is C14H18ClN3O. The zero-order valence-electron chi connectivity index (χ0n) is 11.2. The Hall–Kier alpha value is -1.36. The summed E-state index contributed by atoms with van der Waals surface area (Å²) in [6.07, 6.45) is 3.77. The Bertz CT molecular complexity index is 539. The summed E-state index contributed by atoms with van der Waals surface area (Å²) in [7, 11) is 1.69. The van der Waals surface area contributed by atoms with Crippen LogP contribution in [0.4, 0.5) is 0 Å². The molecule has 0 unspecified atom stereocenters. The van der Waals surface area contributed by atoms with E-state index < -0.39 is 0 Å². The van der Waals surface area contributed by atoms with Crippen molar-refractivity contribution >= 4 is 11.6 Å². The Balaban J connectivity index is 2.05. The Morgan fingerprint density at radius 3 is 2.89 bits per heavy atom. The van der Waals surface area contributed by atoms with Crippen LogP contribution in [0.5, 0.6) is 0 Å². The number of rotatable bonds is 6. The molecule has 0 aliphatic carbocycles. The number of hydrogen-bond acceptors (Lipinski definition) is 3. The lowest BCUT2D eigenvalue weighted by molar-refractivity contribution is 0.199. The Labute approximate surface area is 118 Å². The molecule has 0 fully saturated rings. The number of aromatic nitrogens is 2. The number of benzene rings is 1. The molecule has 2 aromatic rings. The molecule has 102 valence electrons. The van der Waals surface area contributed by atoms with Gasteiger partial charge in [-0.1, -0.05) is 17.7 Å². The van der Waals surface area contributed by atoms with Crippen LogP contribution < -0.4 is 5.32 Å². The third kappa shape index (κ3) is 3.80. The monoisotopic (exact) mass is 279 g/mol. The standard InChI is InChI=1S/C14H18ClN3O/c1-11-8-17-18(10-11)14-4-3-12(7-13(14)15)9-16-5-6-19-2/h3-4,7-8,10,16H,5-6,9H2,1-2H3. The summed E-state index contributed by atoms with van der Waals surface area (Å²) in [6, 6.07) is 6.01. The molecule has 0 bridgehead atoms. The Morgan fingerprint density at radius 2 is 2.26 bits per heavy atom. The van der Waals surface area contributed by atoms with Crippen LogP contribution in [0.3, 0.4) is 0 Å². The van der Waals surface area contributed by atoms with E-state index in [0.717, 1.165) is 29.9 Å². The highest BCUT2D eigenvalue weighted by Crippen LogP contribution is 2.21. The lowest BCUT2D eigenvalue weighted by Crippen LogP contribution is -2.18. The van der Waals surface area contributed by atoms with Gasteiger partial charge < -0.3 is 10.1 Å². The van der Waals surface area contributed by atoms with Crippen LogP contribution in [0, 0.1) is 6.92 Å². The minimum atomic E-state index is 0.703. The van der Waals surface area contributed by atoms with Crippen LogP contribution in [0.2, 0.25) is 5.02 Å². The molecule has 1 N–H and O–H groups in total. The van der Waals surface area contributed by atoms with Crippen LogP contribution in [0.15, 0.2) is 30.6 Å². The predicted octanol–water partition coefficient (Wildman–Crippen LogP) is 2.57. The van der Waals surface area contributed by atoms with E-state index in [4.69, 9.17) is 16.3 Å². The highest BCUT2D eigenvalue weighted by Gasteiger charge is 2.05. The summed E-state index contributed by atoms with van der Waals surface area (Å²) in [6.45, 7) is 4.32. The molecule has 19 heavy (non-hydrogen) atoms. The van der Waals surface area contributed by atoms with Crippen molar-refractivity contribution in [3.8, 4) is 5.69 Å². The van der Waals surface area contributed by atoms with E-state index in [1.165, 1.54) is 0 Å². The van der Waals surface area contributed by atoms with E-state index in [-0.39, 0.29) is 0 Å². The third-order valence-corrected chi connectivity index (χ3v) is 3.09. The van der Waals surface area contributed by atoms with Crippen molar-refractivity contribution < 1.29 is 4.74 Å². The van der Waals surface area contributed by atoms with Crippen LogP contribution in [-0.4, -0.2) is 30.0 Å². The molecule has 1 aromatic carbocycles. The summed E-state index contributed by atoms with van der Waals surface area (Å²) in [4.78, 5) is 0. The van der Waals surface area contributed by atoms with E-state index in [9.17, 15) is 0 Å². The van der Waals surface area contributed by atoms with Crippen molar-refractivity contribution in [3.63, 3.8) is 0 Å². The van der Waals surface area contributed by atoms with Crippen molar-refractivity contribution in [1.82, 2.24) is 15.1 Å². The summed E-state index contributed by atoms with van der Waals surface area (Å²) >= 11 is 6.30. The maximum atomic E-state index is 6.30. The van der Waals surface area contributed by atoms with Crippen molar-refractivity contribution in [2.24, 2.45) is 0 Å². The number of nitrogens with zero attached hydrogens (tertiary/aromatic N) is 2. The summed E-state index contributed by atoms with van der Waals surface area (Å²) in [5, 5.41) is 8.25. The topological polar surface area (TPSA) is 39.1 Å². The molecule has 1 heterocycles. The van der Waals surface area contributed by atoms with E-state index in [0.29, 0.717) is 11.6 Å². The van der Waals surface area contributed by atoms with Crippen molar-refractivity contribution in [3.05, 3.63) is 46.7 Å². The van der Waals surface area contributed by atoms with Gasteiger partial charge in [-0.3, -0.25) is 0 Å². The van der Waals surface area contributed by atoms with Gasteiger partial charge in [0.25, 0.3) is 0 Å². The average molecular weight is 280 g/mol. The van der Waals surface area contributed by atoms with Crippen LogP contribution in [0.1, 0.15) is 11.1 Å². The predicted molar refractivity (Wildman–Crippen MR) is 76.9 cm³/mol. The zero-order valence-corrected chi connectivity index (χ0v) is 11.9. The van der Waals surface area contributed by atoms with Crippen LogP contribution >= 0.6 is 11.6 Å². The second-order valence-corrected chi connectivity index (χ2v) is 4.82. The van der Waals surface area contributed by atoms with Crippen molar-refractivity contribution in [1.29, 1.82) is 0 Å². The second-order valence-electron chi connectivity index (χ2n) is 4.42. The van der Waals surface area contributed by atoms with Gasteiger partial charge >= 0.3 is 0 Å². The molecule has 0 radical (unpaired) electrons. The highest BCUT2D eigenvalue weighted by molar-refractivity contribution is 6.32. The molecule has 0 aliphatic rings. The van der Waals surface area contributed by atoms with Crippen molar-refractivity contribution in [2.45, 2.75) is 13.5 Å². The first-order valence-electron chi connectivity index (χ1n) is 6.20. The quantitative estimate of drug-likeness (QED) is 0.826. The van der Waals surface area contributed by atoms with Gasteiger partial charge in [0.2, 0.25) is 0 Å². The van der Waals surface area contributed by atoms with E-state index in [1.54, 1.807) is 11.8 Å². The smallest absolute Gasteiger partial charge is 0.0832 e. The minimum Gasteiger partial charge on any atom is -0.383 e. The summed E-state index contributed by atoms with van der Waals surface area (Å²) in [5.74, 6) is 0. The molecule has 5 heteroatoms. The maximum Gasteiger partial charge on any atom is 0.0832 e. The molecule has 0 spiro atoms. The minimum absolute atomic E-state index is 0.703. The summed E-state index contributed by atoms with van der Waals surface area (Å²) < 4.78 is 6.77. The number of methoxy groups -OCH3 is 1. The average Bonchev–Trinajstić information content (AvgIpc) is 2.81. The molecule has 0 amide bonds. The molecule has 1 aromatic heterocycles. The first kappa shape index (κ1) is 14.1. The normalized spacial score (nSPS) is 10.9. The van der Waals surface area contributed by atoms with Crippen LogP contribution in [-0.2, 0) is 11.3 Å². The molecule has 0 atom stereocenters. The second kappa shape index (κ2) is 6.70.